The molecule has 0 saturated heterocycles. The van der Waals surface area contributed by atoms with E-state index in [-0.39, 0.29) is 5.91 Å². The van der Waals surface area contributed by atoms with E-state index in [1.807, 2.05) is 12.1 Å². The fourth-order valence-corrected chi connectivity index (χ4v) is 2.43. The molecule has 7 nitrogen and oxygen atoms in total. The molecule has 2 heterocycles. The second-order valence-electron chi connectivity index (χ2n) is 5.66. The highest BCUT2D eigenvalue weighted by atomic mass is 16.5. The Kier molecular flexibility index (Phi) is 5.84. The highest BCUT2D eigenvalue weighted by Crippen LogP contribution is 2.29. The first kappa shape index (κ1) is 18.2. The van der Waals surface area contributed by atoms with E-state index in [1.165, 1.54) is 6.20 Å². The highest BCUT2D eigenvalue weighted by Gasteiger charge is 2.11. The Morgan fingerprint density at radius 1 is 1.04 bits per heavy atom. The second kappa shape index (κ2) is 8.66. The summed E-state index contributed by atoms with van der Waals surface area (Å²) in [5.74, 6) is 1.57. The summed E-state index contributed by atoms with van der Waals surface area (Å²) in [6.45, 7) is 0.627. The molecule has 0 spiro atoms. The molecule has 0 aliphatic rings. The molecule has 0 aliphatic carbocycles. The Balaban J connectivity index is 1.65. The van der Waals surface area contributed by atoms with Gasteiger partial charge in [0.2, 0.25) is 0 Å². The largest absolute Gasteiger partial charge is 0.497 e. The van der Waals surface area contributed by atoms with Crippen molar-refractivity contribution in [3.63, 3.8) is 0 Å². The monoisotopic (exact) mass is 364 g/mol. The van der Waals surface area contributed by atoms with Gasteiger partial charge in [-0.05, 0) is 42.0 Å². The summed E-state index contributed by atoms with van der Waals surface area (Å²) >= 11 is 0. The average molecular weight is 364 g/mol. The first-order valence-corrected chi connectivity index (χ1v) is 8.32. The molecular formula is C20H20N4O3. The summed E-state index contributed by atoms with van der Waals surface area (Å²) < 4.78 is 10.5. The summed E-state index contributed by atoms with van der Waals surface area (Å²) in [6, 6.07) is 12.5. The van der Waals surface area contributed by atoms with Crippen LogP contribution in [0.2, 0.25) is 0 Å². The van der Waals surface area contributed by atoms with Crippen LogP contribution in [0.1, 0.15) is 15.9 Å². The third-order valence-corrected chi connectivity index (χ3v) is 3.90. The summed E-state index contributed by atoms with van der Waals surface area (Å²) in [6.07, 6.45) is 5.01. The zero-order valence-corrected chi connectivity index (χ0v) is 15.1. The summed E-state index contributed by atoms with van der Waals surface area (Å²) in [5, 5.41) is 6.02. The molecule has 1 amide bonds. The van der Waals surface area contributed by atoms with Crippen molar-refractivity contribution in [2.45, 2.75) is 6.54 Å². The number of aromatic nitrogens is 2. The van der Waals surface area contributed by atoms with E-state index in [4.69, 9.17) is 9.47 Å². The molecule has 0 atom stereocenters. The van der Waals surface area contributed by atoms with E-state index < -0.39 is 0 Å². The number of methoxy groups -OCH3 is 2. The van der Waals surface area contributed by atoms with Crippen LogP contribution in [0.15, 0.2) is 61.1 Å². The molecule has 2 N–H and O–H groups in total. The fraction of sp³-hybridized carbons (Fsp3) is 0.150. The molecule has 27 heavy (non-hydrogen) atoms. The molecule has 0 bridgehead atoms. The molecule has 1 aromatic carbocycles. The van der Waals surface area contributed by atoms with Crippen molar-refractivity contribution < 1.29 is 14.3 Å². The van der Waals surface area contributed by atoms with E-state index in [1.54, 1.807) is 56.9 Å². The lowest BCUT2D eigenvalue weighted by atomic mass is 10.2. The molecule has 0 fully saturated rings. The molecular weight excluding hydrogens is 344 g/mol. The van der Waals surface area contributed by atoms with Gasteiger partial charge in [0, 0.05) is 31.2 Å². The number of nitrogens with zero attached hydrogens (tertiary/aromatic N) is 2. The predicted octanol–water partition coefficient (Wildman–Crippen LogP) is 3.36. The first-order valence-electron chi connectivity index (χ1n) is 8.32. The van der Waals surface area contributed by atoms with Crippen LogP contribution in [0.4, 0.5) is 11.5 Å². The van der Waals surface area contributed by atoms with Crippen LogP contribution >= 0.6 is 0 Å². The maximum atomic E-state index is 12.5. The number of amides is 1. The van der Waals surface area contributed by atoms with Gasteiger partial charge in [0.15, 0.2) is 0 Å². The lowest BCUT2D eigenvalue weighted by Gasteiger charge is -2.12. The fourth-order valence-electron chi connectivity index (χ4n) is 2.43. The Hall–Kier alpha value is -3.61. The van der Waals surface area contributed by atoms with Crippen molar-refractivity contribution in [1.29, 1.82) is 0 Å². The van der Waals surface area contributed by atoms with Gasteiger partial charge in [0.25, 0.3) is 5.91 Å². The molecule has 3 rings (SSSR count). The predicted molar refractivity (Wildman–Crippen MR) is 103 cm³/mol. The molecule has 3 aromatic rings. The van der Waals surface area contributed by atoms with E-state index >= 15 is 0 Å². The first-order chi connectivity index (χ1) is 13.2. The van der Waals surface area contributed by atoms with Gasteiger partial charge in [-0.15, -0.1) is 0 Å². The number of rotatable bonds is 7. The number of carbonyl (C=O) groups is 1. The quantitative estimate of drug-likeness (QED) is 0.669. The third kappa shape index (κ3) is 4.72. The summed E-state index contributed by atoms with van der Waals surface area (Å²) in [5.41, 5.74) is 2.06. The SMILES string of the molecule is COc1ccc(OC)c(NC(=O)c2ccc(NCc3ccncc3)nc2)c1. The van der Waals surface area contributed by atoms with E-state index in [0.717, 1.165) is 5.56 Å². The zero-order valence-electron chi connectivity index (χ0n) is 15.1. The maximum Gasteiger partial charge on any atom is 0.257 e. The lowest BCUT2D eigenvalue weighted by Crippen LogP contribution is -2.13. The van der Waals surface area contributed by atoms with E-state index in [0.29, 0.717) is 35.1 Å². The van der Waals surface area contributed by atoms with Gasteiger partial charge < -0.3 is 20.1 Å². The Bertz CT molecular complexity index is 899. The average Bonchev–Trinajstić information content (AvgIpc) is 2.73. The number of hydrogen-bond acceptors (Lipinski definition) is 6. The van der Waals surface area contributed by atoms with Gasteiger partial charge >= 0.3 is 0 Å². The van der Waals surface area contributed by atoms with Crippen molar-refractivity contribution >= 4 is 17.4 Å². The van der Waals surface area contributed by atoms with Crippen LogP contribution in [-0.4, -0.2) is 30.1 Å². The molecule has 0 aliphatic heterocycles. The van der Waals surface area contributed by atoms with Crippen molar-refractivity contribution in [1.82, 2.24) is 9.97 Å². The van der Waals surface area contributed by atoms with Gasteiger partial charge in [-0.3, -0.25) is 9.78 Å². The number of nitrogens with one attached hydrogen (secondary N) is 2. The minimum Gasteiger partial charge on any atom is -0.497 e. The zero-order chi connectivity index (χ0) is 19.1. The third-order valence-electron chi connectivity index (χ3n) is 3.90. The van der Waals surface area contributed by atoms with Crippen LogP contribution in [0.5, 0.6) is 11.5 Å². The van der Waals surface area contributed by atoms with Crippen molar-refractivity contribution in [2.75, 3.05) is 24.9 Å². The molecule has 2 aromatic heterocycles. The maximum absolute atomic E-state index is 12.5. The van der Waals surface area contributed by atoms with Crippen LogP contribution in [0, 0.1) is 0 Å². The van der Waals surface area contributed by atoms with Gasteiger partial charge in [0.1, 0.15) is 17.3 Å². The highest BCUT2D eigenvalue weighted by molar-refractivity contribution is 6.05. The topological polar surface area (TPSA) is 85.4 Å². The second-order valence-corrected chi connectivity index (χ2v) is 5.66. The summed E-state index contributed by atoms with van der Waals surface area (Å²) in [4.78, 5) is 20.8. The molecule has 138 valence electrons. The van der Waals surface area contributed by atoms with Crippen LogP contribution in [-0.2, 0) is 6.54 Å². The number of hydrogen-bond donors (Lipinski definition) is 2. The Morgan fingerprint density at radius 2 is 1.85 bits per heavy atom. The molecule has 7 heteroatoms. The minimum atomic E-state index is -0.283. The van der Waals surface area contributed by atoms with Crippen LogP contribution in [0.25, 0.3) is 0 Å². The molecule has 0 saturated carbocycles. The van der Waals surface area contributed by atoms with Crippen molar-refractivity contribution in [3.05, 3.63) is 72.2 Å². The summed E-state index contributed by atoms with van der Waals surface area (Å²) in [7, 11) is 3.11. The smallest absolute Gasteiger partial charge is 0.257 e. The van der Waals surface area contributed by atoms with E-state index in [2.05, 4.69) is 20.6 Å². The minimum absolute atomic E-state index is 0.283. The van der Waals surface area contributed by atoms with Gasteiger partial charge in [0.05, 0.1) is 25.5 Å². The van der Waals surface area contributed by atoms with Crippen LogP contribution < -0.4 is 20.1 Å². The molecule has 0 unspecified atom stereocenters. The molecule has 0 radical (unpaired) electrons. The van der Waals surface area contributed by atoms with Crippen molar-refractivity contribution in [2.24, 2.45) is 0 Å². The van der Waals surface area contributed by atoms with Gasteiger partial charge in [-0.25, -0.2) is 4.98 Å². The Labute approximate surface area is 157 Å². The van der Waals surface area contributed by atoms with Crippen molar-refractivity contribution in [3.8, 4) is 11.5 Å². The number of ether oxygens (including phenoxy) is 2. The number of anilines is 2. The van der Waals surface area contributed by atoms with Gasteiger partial charge in [-0.1, -0.05) is 0 Å². The standard InChI is InChI=1S/C20H20N4O3/c1-26-16-4-5-18(27-2)17(11-16)24-20(25)15-3-6-19(23-13-15)22-12-14-7-9-21-10-8-14/h3-11,13H,12H2,1-2H3,(H,22,23)(H,24,25). The normalized spacial score (nSPS) is 10.1. The lowest BCUT2D eigenvalue weighted by molar-refractivity contribution is 0.102. The Morgan fingerprint density at radius 3 is 2.52 bits per heavy atom. The van der Waals surface area contributed by atoms with Crippen LogP contribution in [0.3, 0.4) is 0 Å². The van der Waals surface area contributed by atoms with E-state index in [9.17, 15) is 4.79 Å². The number of pyridine rings is 2. The number of benzene rings is 1. The number of carbonyl (C=O) groups excluding carboxylic acids is 1. The van der Waals surface area contributed by atoms with Gasteiger partial charge in [-0.2, -0.15) is 0 Å².